The Balaban J connectivity index is 0. The zero-order valence-electron chi connectivity index (χ0n) is 15.3. The Morgan fingerprint density at radius 1 is 0.826 bits per heavy atom. The fourth-order valence-electron chi connectivity index (χ4n) is 2.91. The molecule has 1 atom stereocenters. The Kier molecular flexibility index (Phi) is 23.8. The summed E-state index contributed by atoms with van der Waals surface area (Å²) in [5.74, 6) is -1.01. The van der Waals surface area contributed by atoms with Crippen molar-refractivity contribution in [1.29, 1.82) is 0 Å². The maximum absolute atomic E-state index is 11.1. The third-order valence-corrected chi connectivity index (χ3v) is 5.75. The second-order valence-corrected chi connectivity index (χ2v) is 8.11. The van der Waals surface area contributed by atoms with Crippen LogP contribution in [0.4, 0.5) is 0 Å². The summed E-state index contributed by atoms with van der Waals surface area (Å²) in [6, 6.07) is 0. The molecule has 0 aromatic rings. The van der Waals surface area contributed by atoms with Crippen molar-refractivity contribution in [2.75, 3.05) is 0 Å². The number of carbonyl (C=O) groups is 1. The zero-order valence-corrected chi connectivity index (χ0v) is 18.9. The first-order valence-corrected chi connectivity index (χ1v) is 10.9. The molecule has 0 aromatic heterocycles. The van der Waals surface area contributed by atoms with E-state index >= 15 is 0 Å². The van der Waals surface area contributed by atoms with E-state index in [0.717, 1.165) is 12.8 Å². The van der Waals surface area contributed by atoms with Crippen molar-refractivity contribution in [3.63, 3.8) is 0 Å². The summed E-state index contributed by atoms with van der Waals surface area (Å²) in [7, 11) is -1.32. The number of aliphatic carboxylic acids is 1. The maximum atomic E-state index is 11.1. The summed E-state index contributed by atoms with van der Waals surface area (Å²) in [5, 5.41) is 10.4. The van der Waals surface area contributed by atoms with Crippen LogP contribution in [0.3, 0.4) is 0 Å². The summed E-state index contributed by atoms with van der Waals surface area (Å²) in [4.78, 5) is 21.5. The number of carboxylic acid groups (broad SMARTS) is 1. The quantitative estimate of drug-likeness (QED) is 0.293. The molecule has 0 aliphatic rings. The Bertz CT molecular complexity index is 252. The van der Waals surface area contributed by atoms with E-state index < -0.39 is 15.7 Å². The summed E-state index contributed by atoms with van der Waals surface area (Å²) < 4.78 is 0. The molecule has 0 N–H and O–H groups in total. The Morgan fingerprint density at radius 2 is 1.26 bits per heavy atom. The molecule has 0 heterocycles. The van der Waals surface area contributed by atoms with Crippen molar-refractivity contribution in [2.24, 2.45) is 0 Å². The van der Waals surface area contributed by atoms with Crippen LogP contribution in [0.25, 0.3) is 0 Å². The summed E-state index contributed by atoms with van der Waals surface area (Å²) >= 11 is 0. The Hall–Kier alpha value is 0.907. The van der Waals surface area contributed by atoms with Gasteiger partial charge in [0.2, 0.25) is 0 Å². The number of rotatable bonds is 17. The minimum absolute atomic E-state index is 0. The fraction of sp³-hybridized carbons (Fsp3) is 0.944. The maximum Gasteiger partial charge on any atom is 2.00 e. The van der Waals surface area contributed by atoms with Gasteiger partial charge in [-0.1, -0.05) is 106 Å². The van der Waals surface area contributed by atoms with E-state index in [0.29, 0.717) is 6.42 Å². The van der Waals surface area contributed by atoms with Crippen LogP contribution in [0.2, 0.25) is 5.54 Å². The van der Waals surface area contributed by atoms with Crippen LogP contribution in [-0.2, 0) is 4.79 Å². The number of unbranched alkanes of at least 4 members (excludes halogenated alkanes) is 11. The Labute approximate surface area is 176 Å². The van der Waals surface area contributed by atoms with E-state index in [9.17, 15) is 14.7 Å². The second kappa shape index (κ2) is 21.0. The van der Waals surface area contributed by atoms with Gasteiger partial charge < -0.3 is 14.7 Å². The zero-order chi connectivity index (χ0) is 16.5. The number of carboxylic acids is 1. The number of hydrogen-bond donors (Lipinski definition) is 0. The predicted octanol–water partition coefficient (Wildman–Crippen LogP) is 2.46. The van der Waals surface area contributed by atoms with E-state index in [1.54, 1.807) is 0 Å². The minimum atomic E-state index is -1.32. The first kappa shape index (κ1) is 26.1. The van der Waals surface area contributed by atoms with Gasteiger partial charge in [0.1, 0.15) is 0 Å². The molecular weight excluding hydrogens is 332 g/mol. The first-order chi connectivity index (χ1) is 10.7. The van der Waals surface area contributed by atoms with Crippen LogP contribution < -0.4 is 9.90 Å². The molecule has 5 heteroatoms. The van der Waals surface area contributed by atoms with Gasteiger partial charge >= 0.3 is 37.7 Å². The molecule has 0 aromatic carbocycles. The van der Waals surface area contributed by atoms with Gasteiger partial charge in [0, 0.05) is 5.97 Å². The molecule has 132 valence electrons. The van der Waals surface area contributed by atoms with Crippen LogP contribution in [0.1, 0.15) is 103 Å². The van der Waals surface area contributed by atoms with Crippen molar-refractivity contribution >= 4 is 53.5 Å². The topological polar surface area (TPSA) is 63.2 Å². The van der Waals surface area contributed by atoms with Crippen LogP contribution in [-0.4, -0.2) is 53.5 Å². The largest absolute Gasteiger partial charge is 2.00 e. The summed E-state index contributed by atoms with van der Waals surface area (Å²) in [5.41, 5.74) is 0.168. The molecular formula is C18H36CaO3Si. The molecule has 0 rings (SSSR count). The molecule has 0 saturated carbocycles. The standard InChI is InChI=1S/C18H37O3Si.Ca/c1-2-3-4-5-6-7-8-9-10-11-12-13-14-17(22-21)15-16-18(19)20;/h17H,2-16,22H2,1H3,(H,19,20);/q-1;+2/p-1. The molecule has 0 bridgehead atoms. The third kappa shape index (κ3) is 20.9. The molecule has 1 unspecified atom stereocenters. The second-order valence-electron chi connectivity index (χ2n) is 6.62. The normalized spacial score (nSPS) is 12.4. The van der Waals surface area contributed by atoms with Crippen LogP contribution in [0, 0.1) is 0 Å². The van der Waals surface area contributed by atoms with Gasteiger partial charge in [-0.2, -0.15) is 0 Å². The van der Waals surface area contributed by atoms with Crippen molar-refractivity contribution in [2.45, 2.75) is 109 Å². The van der Waals surface area contributed by atoms with Crippen molar-refractivity contribution < 1.29 is 14.7 Å². The summed E-state index contributed by atoms with van der Waals surface area (Å²) in [6.07, 6.45) is 17.5. The van der Waals surface area contributed by atoms with Gasteiger partial charge in [-0.25, -0.2) is 0 Å². The van der Waals surface area contributed by atoms with Gasteiger partial charge in [-0.05, 0) is 12.8 Å². The molecule has 3 nitrogen and oxygen atoms in total. The minimum Gasteiger partial charge on any atom is -0.863 e. The van der Waals surface area contributed by atoms with Crippen molar-refractivity contribution in [1.82, 2.24) is 0 Å². The van der Waals surface area contributed by atoms with E-state index in [-0.39, 0.29) is 49.7 Å². The monoisotopic (exact) mass is 368 g/mol. The van der Waals surface area contributed by atoms with Gasteiger partial charge in [-0.15, -0.1) is 0 Å². The van der Waals surface area contributed by atoms with Gasteiger partial charge in [0.05, 0.1) is 0 Å². The van der Waals surface area contributed by atoms with Gasteiger partial charge in [0.15, 0.2) is 0 Å². The smallest absolute Gasteiger partial charge is 0.863 e. The molecule has 23 heavy (non-hydrogen) atoms. The number of hydrogen-bond acceptors (Lipinski definition) is 3. The molecule has 0 radical (unpaired) electrons. The number of carbonyl (C=O) groups excluding carboxylic acids is 1. The molecule has 0 aliphatic heterocycles. The van der Waals surface area contributed by atoms with E-state index in [1.165, 1.54) is 70.6 Å². The van der Waals surface area contributed by atoms with E-state index in [4.69, 9.17) is 0 Å². The molecule has 0 fully saturated rings. The van der Waals surface area contributed by atoms with E-state index in [2.05, 4.69) is 6.92 Å². The van der Waals surface area contributed by atoms with E-state index in [1.807, 2.05) is 0 Å². The summed E-state index contributed by atoms with van der Waals surface area (Å²) in [6.45, 7) is 2.25. The fourth-order valence-corrected chi connectivity index (χ4v) is 3.73. The van der Waals surface area contributed by atoms with Gasteiger partial charge in [-0.3, -0.25) is 0 Å². The van der Waals surface area contributed by atoms with Crippen LogP contribution >= 0.6 is 0 Å². The average Bonchev–Trinajstić information content (AvgIpc) is 2.51. The first-order valence-electron chi connectivity index (χ1n) is 9.48. The molecule has 0 amide bonds. The molecule has 0 aliphatic carbocycles. The van der Waals surface area contributed by atoms with Crippen LogP contribution in [0.15, 0.2) is 0 Å². The SMILES string of the molecule is CCCCCCCCCCCCCCC(CCC(=O)[O-])[SiH2][O-].[Ca+2]. The Morgan fingerprint density at radius 3 is 1.65 bits per heavy atom. The van der Waals surface area contributed by atoms with Crippen molar-refractivity contribution in [3.05, 3.63) is 0 Å². The van der Waals surface area contributed by atoms with Crippen LogP contribution in [0.5, 0.6) is 0 Å². The predicted molar refractivity (Wildman–Crippen MR) is 98.0 cm³/mol. The van der Waals surface area contributed by atoms with Gasteiger partial charge in [0.25, 0.3) is 0 Å². The average molecular weight is 369 g/mol. The third-order valence-electron chi connectivity index (χ3n) is 4.46. The molecule has 0 spiro atoms. The van der Waals surface area contributed by atoms with Crippen molar-refractivity contribution in [3.8, 4) is 0 Å². The molecule has 0 saturated heterocycles.